The third-order valence-corrected chi connectivity index (χ3v) is 4.37. The van der Waals surface area contributed by atoms with Crippen molar-refractivity contribution in [3.8, 4) is 0 Å². The summed E-state index contributed by atoms with van der Waals surface area (Å²) in [5.74, 6) is -5.15. The Kier molecular flexibility index (Phi) is 7.45. The number of aromatic nitrogens is 3. The van der Waals surface area contributed by atoms with E-state index in [1.165, 1.54) is 4.90 Å². The second kappa shape index (κ2) is 9.45. The molecule has 0 bridgehead atoms. The summed E-state index contributed by atoms with van der Waals surface area (Å²) in [7, 11) is 0. The first-order chi connectivity index (χ1) is 14.1. The van der Waals surface area contributed by atoms with Crippen LogP contribution in [0.3, 0.4) is 0 Å². The lowest BCUT2D eigenvalue weighted by molar-refractivity contribution is -0.148. The lowest BCUT2D eigenvalue weighted by Gasteiger charge is -2.29. The number of hydrogen-bond acceptors (Lipinski definition) is 4. The molecule has 6 nitrogen and oxygen atoms in total. The molecular formula is C18H21F6N5O. The van der Waals surface area contributed by atoms with E-state index in [4.69, 9.17) is 5.73 Å². The van der Waals surface area contributed by atoms with E-state index in [0.717, 1.165) is 4.57 Å². The predicted molar refractivity (Wildman–Crippen MR) is 94.4 cm³/mol. The van der Waals surface area contributed by atoms with E-state index >= 15 is 0 Å². The van der Waals surface area contributed by atoms with Crippen LogP contribution in [0.15, 0.2) is 12.1 Å². The van der Waals surface area contributed by atoms with E-state index in [2.05, 4.69) is 10.2 Å². The minimum Gasteiger partial charge on any atom is -0.333 e. The van der Waals surface area contributed by atoms with Crippen molar-refractivity contribution in [2.75, 3.05) is 6.54 Å². The van der Waals surface area contributed by atoms with Crippen LogP contribution in [-0.4, -0.2) is 38.2 Å². The Bertz CT molecular complexity index is 898. The molecule has 2 heterocycles. The summed E-state index contributed by atoms with van der Waals surface area (Å²) >= 11 is 0. The monoisotopic (exact) mass is 437 g/mol. The van der Waals surface area contributed by atoms with Crippen LogP contribution in [0.4, 0.5) is 26.3 Å². The van der Waals surface area contributed by atoms with Crippen molar-refractivity contribution >= 4 is 5.91 Å². The molecule has 0 spiro atoms. The van der Waals surface area contributed by atoms with E-state index < -0.39 is 41.4 Å². The van der Waals surface area contributed by atoms with Gasteiger partial charge in [-0.1, -0.05) is 13.8 Å². The quantitative estimate of drug-likeness (QED) is 0.589. The molecule has 2 N–H and O–H groups in total. The molecule has 0 fully saturated rings. The number of carbonyl (C=O) groups is 1. The highest BCUT2D eigenvalue weighted by Gasteiger charge is 2.39. The van der Waals surface area contributed by atoms with Crippen molar-refractivity contribution < 1.29 is 31.1 Å². The van der Waals surface area contributed by atoms with Gasteiger partial charge in [0.15, 0.2) is 17.5 Å². The Hall–Kier alpha value is -2.63. The number of nitrogens with two attached hydrogens (primary N) is 1. The molecule has 1 aromatic carbocycles. The highest BCUT2D eigenvalue weighted by Crippen LogP contribution is 2.29. The number of carbonyl (C=O) groups excluding carboxylic acids is 1. The van der Waals surface area contributed by atoms with Crippen molar-refractivity contribution in [2.24, 2.45) is 5.73 Å². The van der Waals surface area contributed by atoms with Crippen molar-refractivity contribution in [3.05, 3.63) is 46.8 Å². The topological polar surface area (TPSA) is 77.0 Å². The van der Waals surface area contributed by atoms with Gasteiger partial charge in [0.2, 0.25) is 11.7 Å². The van der Waals surface area contributed by atoms with Gasteiger partial charge in [0.1, 0.15) is 5.82 Å². The zero-order valence-electron chi connectivity index (χ0n) is 16.3. The maximum atomic E-state index is 13.7. The lowest BCUT2D eigenvalue weighted by atomic mass is 10.0. The first kappa shape index (κ1) is 23.6. The maximum Gasteiger partial charge on any atom is 0.451 e. The fourth-order valence-corrected chi connectivity index (χ4v) is 3.01. The number of hydrogen-bond donors (Lipinski definition) is 1. The van der Waals surface area contributed by atoms with Gasteiger partial charge >= 0.3 is 6.18 Å². The molecule has 30 heavy (non-hydrogen) atoms. The molecule has 1 aliphatic heterocycles. The first-order valence-corrected chi connectivity index (χ1v) is 9.22. The van der Waals surface area contributed by atoms with Gasteiger partial charge in [-0.05, 0) is 18.1 Å². The van der Waals surface area contributed by atoms with Gasteiger partial charge in [-0.15, -0.1) is 10.2 Å². The molecule has 0 saturated carbocycles. The SMILES string of the molecule is CC.NC(CC(=O)N1CCn2c(nnc2C(F)(F)F)C1)Cc1cc(F)c(F)cc1F. The van der Waals surface area contributed by atoms with Crippen molar-refractivity contribution in [1.82, 2.24) is 19.7 Å². The summed E-state index contributed by atoms with van der Waals surface area (Å²) < 4.78 is 79.3. The largest absolute Gasteiger partial charge is 0.451 e. The molecule has 1 unspecified atom stereocenters. The Morgan fingerprint density at radius 1 is 1.10 bits per heavy atom. The van der Waals surface area contributed by atoms with E-state index in [-0.39, 0.29) is 43.9 Å². The summed E-state index contributed by atoms with van der Waals surface area (Å²) in [6.07, 6.45) is -5.11. The van der Waals surface area contributed by atoms with E-state index in [1.54, 1.807) is 0 Å². The van der Waals surface area contributed by atoms with Crippen LogP contribution in [0.2, 0.25) is 0 Å². The van der Waals surface area contributed by atoms with Gasteiger partial charge in [-0.25, -0.2) is 13.2 Å². The second-order valence-corrected chi connectivity index (χ2v) is 6.43. The zero-order valence-corrected chi connectivity index (χ0v) is 16.3. The van der Waals surface area contributed by atoms with Gasteiger partial charge in [0, 0.05) is 31.6 Å². The summed E-state index contributed by atoms with van der Waals surface area (Å²) in [5, 5.41) is 6.60. The van der Waals surface area contributed by atoms with E-state index in [1.807, 2.05) is 13.8 Å². The fourth-order valence-electron chi connectivity index (χ4n) is 3.01. The number of rotatable bonds is 4. The van der Waals surface area contributed by atoms with Gasteiger partial charge in [0.05, 0.1) is 6.54 Å². The Balaban J connectivity index is 0.00000155. The average molecular weight is 437 g/mol. The lowest BCUT2D eigenvalue weighted by Crippen LogP contribution is -2.42. The van der Waals surface area contributed by atoms with Crippen LogP contribution in [-0.2, 0) is 30.5 Å². The summed E-state index contributed by atoms with van der Waals surface area (Å²) in [5.41, 5.74) is 5.64. The number of nitrogens with zero attached hydrogens (tertiary/aromatic N) is 4. The van der Waals surface area contributed by atoms with Crippen molar-refractivity contribution in [2.45, 2.75) is 52.0 Å². The normalized spacial score (nSPS) is 14.6. The molecule has 1 aliphatic rings. The highest BCUT2D eigenvalue weighted by atomic mass is 19.4. The predicted octanol–water partition coefficient (Wildman–Crippen LogP) is 3.04. The van der Waals surface area contributed by atoms with Crippen LogP contribution >= 0.6 is 0 Å². The van der Waals surface area contributed by atoms with Gasteiger partial charge in [-0.2, -0.15) is 13.2 Å². The van der Waals surface area contributed by atoms with Gasteiger partial charge < -0.3 is 15.2 Å². The summed E-state index contributed by atoms with van der Waals surface area (Å²) in [6.45, 7) is 3.70. The van der Waals surface area contributed by atoms with Crippen molar-refractivity contribution in [1.29, 1.82) is 0 Å². The number of amides is 1. The smallest absolute Gasteiger partial charge is 0.333 e. The standard InChI is InChI=1S/C16H15F6N5O.C2H6/c17-10-6-12(19)11(18)4-8(10)3-9(23)5-14(28)26-1-2-27-13(7-26)24-25-15(27)16(20,21)22;1-2/h4,6,9H,1-3,5,7,23H2;1-2H3. The van der Waals surface area contributed by atoms with Gasteiger partial charge in [-0.3, -0.25) is 4.79 Å². The van der Waals surface area contributed by atoms with Crippen LogP contribution < -0.4 is 5.73 Å². The van der Waals surface area contributed by atoms with E-state index in [0.29, 0.717) is 12.1 Å². The molecule has 12 heteroatoms. The maximum absolute atomic E-state index is 13.7. The molecule has 2 aromatic rings. The minimum absolute atomic E-state index is 0.000783. The van der Waals surface area contributed by atoms with Crippen molar-refractivity contribution in [3.63, 3.8) is 0 Å². The average Bonchev–Trinajstić information content (AvgIpc) is 3.11. The van der Waals surface area contributed by atoms with E-state index in [9.17, 15) is 31.1 Å². The Morgan fingerprint density at radius 2 is 1.73 bits per heavy atom. The molecule has 0 radical (unpaired) electrons. The molecular weight excluding hydrogens is 416 g/mol. The molecule has 0 saturated heterocycles. The second-order valence-electron chi connectivity index (χ2n) is 6.43. The molecule has 0 aliphatic carbocycles. The number of halogens is 6. The molecule has 3 rings (SSSR count). The Morgan fingerprint density at radius 3 is 2.37 bits per heavy atom. The third kappa shape index (κ3) is 5.29. The third-order valence-electron chi connectivity index (χ3n) is 4.37. The van der Waals surface area contributed by atoms with Crippen LogP contribution in [0.1, 0.15) is 37.5 Å². The Labute approximate surface area is 168 Å². The molecule has 166 valence electrons. The summed E-state index contributed by atoms with van der Waals surface area (Å²) in [6, 6.07) is 0.184. The van der Waals surface area contributed by atoms with Gasteiger partial charge in [0.25, 0.3) is 0 Å². The minimum atomic E-state index is -4.64. The van der Waals surface area contributed by atoms with Crippen LogP contribution in [0, 0.1) is 17.5 Å². The number of alkyl halides is 3. The van der Waals surface area contributed by atoms with Crippen LogP contribution in [0.5, 0.6) is 0 Å². The van der Waals surface area contributed by atoms with Crippen LogP contribution in [0.25, 0.3) is 0 Å². The first-order valence-electron chi connectivity index (χ1n) is 9.22. The summed E-state index contributed by atoms with van der Waals surface area (Å²) in [4.78, 5) is 13.6. The molecule has 1 amide bonds. The number of benzene rings is 1. The molecule has 1 aromatic heterocycles. The fraction of sp³-hybridized carbons (Fsp3) is 0.500. The molecule has 1 atom stereocenters. The zero-order chi connectivity index (χ0) is 22.6. The highest BCUT2D eigenvalue weighted by molar-refractivity contribution is 5.76. The number of fused-ring (bicyclic) bond motifs is 1.